The lowest BCUT2D eigenvalue weighted by atomic mass is 9.76. The maximum Gasteiger partial charge on any atom is 0.317 e. The highest BCUT2D eigenvalue weighted by Crippen LogP contribution is 2.48. The second kappa shape index (κ2) is 7.75. The number of ether oxygens (including phenoxy) is 1. The Balaban J connectivity index is 2.12. The van der Waals surface area contributed by atoms with Crippen molar-refractivity contribution >= 4 is 21.6 Å². The number of hydrogen-bond acceptors (Lipinski definition) is 5. The average molecular weight is 415 g/mol. The summed E-state index contributed by atoms with van der Waals surface area (Å²) in [6.45, 7) is 5.18. The van der Waals surface area contributed by atoms with E-state index in [-0.39, 0.29) is 29.9 Å². The van der Waals surface area contributed by atoms with Gasteiger partial charge in [-0.3, -0.25) is 9.59 Å². The molecule has 0 heterocycles. The molecule has 6 heteroatoms. The fourth-order valence-electron chi connectivity index (χ4n) is 3.86. The first-order valence-electron chi connectivity index (χ1n) is 9.68. The lowest BCUT2D eigenvalue weighted by molar-refractivity contribution is -0.163. The third kappa shape index (κ3) is 4.13. The van der Waals surface area contributed by atoms with E-state index in [9.17, 15) is 18.0 Å². The summed E-state index contributed by atoms with van der Waals surface area (Å²) in [6, 6.07) is 17.1. The van der Waals surface area contributed by atoms with Gasteiger partial charge in [0, 0.05) is 6.42 Å². The van der Waals surface area contributed by atoms with Gasteiger partial charge >= 0.3 is 5.97 Å². The number of esters is 1. The van der Waals surface area contributed by atoms with Crippen LogP contribution >= 0.6 is 0 Å². The van der Waals surface area contributed by atoms with Crippen molar-refractivity contribution in [3.05, 3.63) is 66.2 Å². The number of benzene rings is 2. The van der Waals surface area contributed by atoms with E-state index in [0.29, 0.717) is 5.56 Å². The van der Waals surface area contributed by atoms with Gasteiger partial charge in [-0.2, -0.15) is 0 Å². The van der Waals surface area contributed by atoms with Crippen LogP contribution in [0.2, 0.25) is 0 Å². The van der Waals surface area contributed by atoms with Gasteiger partial charge in [0.1, 0.15) is 22.0 Å². The molecule has 0 bridgehead atoms. The van der Waals surface area contributed by atoms with E-state index in [4.69, 9.17) is 4.74 Å². The molecule has 2 unspecified atom stereocenters. The summed E-state index contributed by atoms with van der Waals surface area (Å²) in [5.41, 5.74) is -0.174. The molecule has 2 atom stereocenters. The highest BCUT2D eigenvalue weighted by Gasteiger charge is 2.53. The molecular formula is C23H26O5S. The Hall–Kier alpha value is -2.47. The molecule has 0 aliphatic heterocycles. The number of rotatable bonds is 4. The monoisotopic (exact) mass is 414 g/mol. The van der Waals surface area contributed by atoms with Crippen molar-refractivity contribution in [1.82, 2.24) is 0 Å². The zero-order chi connectivity index (χ0) is 21.3. The Morgan fingerprint density at radius 2 is 1.55 bits per heavy atom. The molecule has 0 aromatic heterocycles. The summed E-state index contributed by atoms with van der Waals surface area (Å²) in [5.74, 6) is -2.04. The van der Waals surface area contributed by atoms with Crippen molar-refractivity contribution in [2.45, 2.75) is 55.3 Å². The van der Waals surface area contributed by atoms with E-state index in [0.717, 1.165) is 0 Å². The van der Waals surface area contributed by atoms with Crippen molar-refractivity contribution in [2.24, 2.45) is 5.92 Å². The maximum atomic E-state index is 13.8. The molecule has 1 aliphatic rings. The molecule has 2 aromatic rings. The molecule has 154 valence electrons. The highest BCUT2D eigenvalue weighted by atomic mass is 32.2. The summed E-state index contributed by atoms with van der Waals surface area (Å²) in [5, 5.41) is 0. The molecular weight excluding hydrogens is 388 g/mol. The summed E-state index contributed by atoms with van der Waals surface area (Å²) < 4.78 is 31.7. The van der Waals surface area contributed by atoms with Crippen molar-refractivity contribution in [3.63, 3.8) is 0 Å². The van der Waals surface area contributed by atoms with Crippen molar-refractivity contribution < 1.29 is 22.7 Å². The van der Waals surface area contributed by atoms with E-state index < -0.39 is 32.1 Å². The number of Topliss-reactive ketones (excluding diaryl/α,β-unsaturated/α-hetero) is 1. The maximum absolute atomic E-state index is 13.8. The van der Waals surface area contributed by atoms with Crippen molar-refractivity contribution in [2.75, 3.05) is 0 Å². The van der Waals surface area contributed by atoms with Gasteiger partial charge in [-0.05, 0) is 51.3 Å². The predicted octanol–water partition coefficient (Wildman–Crippen LogP) is 4.07. The Labute approximate surface area is 172 Å². The van der Waals surface area contributed by atoms with Crippen LogP contribution in [0.5, 0.6) is 0 Å². The van der Waals surface area contributed by atoms with E-state index in [2.05, 4.69) is 0 Å². The smallest absolute Gasteiger partial charge is 0.317 e. The lowest BCUT2D eigenvalue weighted by Gasteiger charge is -2.40. The number of carbonyl (C=O) groups is 2. The molecule has 0 N–H and O–H groups in total. The van der Waals surface area contributed by atoms with Gasteiger partial charge in [0.2, 0.25) is 0 Å². The first-order valence-corrected chi connectivity index (χ1v) is 11.2. The van der Waals surface area contributed by atoms with Crippen molar-refractivity contribution in [1.29, 1.82) is 0 Å². The standard InChI is InChI=1S/C23H26O5S/c1-22(2,3)28-21(25)19-16-23(15-14-20(19)24,17-10-6-4-7-11-17)29(26,27)18-12-8-5-9-13-18/h4-13,19H,14-16H2,1-3H3. The van der Waals surface area contributed by atoms with E-state index in [1.54, 1.807) is 75.4 Å². The van der Waals surface area contributed by atoms with E-state index in [1.165, 1.54) is 0 Å². The van der Waals surface area contributed by atoms with Gasteiger partial charge in [-0.25, -0.2) is 8.42 Å². The normalized spacial score (nSPS) is 22.9. The molecule has 5 nitrogen and oxygen atoms in total. The Kier molecular flexibility index (Phi) is 5.68. The van der Waals surface area contributed by atoms with Crippen molar-refractivity contribution in [3.8, 4) is 0 Å². The summed E-state index contributed by atoms with van der Waals surface area (Å²) in [4.78, 5) is 25.6. The molecule has 1 aliphatic carbocycles. The molecule has 0 spiro atoms. The minimum atomic E-state index is -3.87. The Bertz CT molecular complexity index is 991. The van der Waals surface area contributed by atoms with Gasteiger partial charge in [0.15, 0.2) is 9.84 Å². The zero-order valence-electron chi connectivity index (χ0n) is 16.9. The molecule has 0 amide bonds. The molecule has 3 rings (SSSR count). The fourth-order valence-corrected chi connectivity index (χ4v) is 6.03. The van der Waals surface area contributed by atoms with Gasteiger partial charge in [-0.1, -0.05) is 48.5 Å². The zero-order valence-corrected chi connectivity index (χ0v) is 17.7. The van der Waals surface area contributed by atoms with Crippen LogP contribution in [0.3, 0.4) is 0 Å². The van der Waals surface area contributed by atoms with Crippen LogP contribution in [0.25, 0.3) is 0 Å². The third-order valence-electron chi connectivity index (χ3n) is 5.26. The molecule has 0 saturated heterocycles. The highest BCUT2D eigenvalue weighted by molar-refractivity contribution is 7.92. The predicted molar refractivity (Wildman–Crippen MR) is 110 cm³/mol. The van der Waals surface area contributed by atoms with E-state index in [1.807, 2.05) is 6.07 Å². The third-order valence-corrected chi connectivity index (χ3v) is 7.78. The Morgan fingerprint density at radius 3 is 2.10 bits per heavy atom. The van der Waals surface area contributed by atoms with Crippen LogP contribution in [0.15, 0.2) is 65.6 Å². The number of ketones is 1. The number of carbonyl (C=O) groups excluding carboxylic acids is 2. The largest absolute Gasteiger partial charge is 0.459 e. The van der Waals surface area contributed by atoms with Gasteiger partial charge in [-0.15, -0.1) is 0 Å². The SMILES string of the molecule is CC(C)(C)OC(=O)C1CC(c2ccccc2)(S(=O)(=O)c2ccccc2)CCC1=O. The van der Waals surface area contributed by atoms with Gasteiger partial charge in [0.25, 0.3) is 0 Å². The summed E-state index contributed by atoms with van der Waals surface area (Å²) in [7, 11) is -3.87. The molecule has 29 heavy (non-hydrogen) atoms. The van der Waals surface area contributed by atoms with Crippen LogP contribution in [-0.2, 0) is 28.9 Å². The average Bonchev–Trinajstić information content (AvgIpc) is 2.68. The fraction of sp³-hybridized carbons (Fsp3) is 0.391. The van der Waals surface area contributed by atoms with E-state index >= 15 is 0 Å². The lowest BCUT2D eigenvalue weighted by Crippen LogP contribution is -2.47. The topological polar surface area (TPSA) is 77.5 Å². The minimum Gasteiger partial charge on any atom is -0.459 e. The number of hydrogen-bond donors (Lipinski definition) is 0. The van der Waals surface area contributed by atoms with Crippen LogP contribution in [0.4, 0.5) is 0 Å². The van der Waals surface area contributed by atoms with Crippen LogP contribution in [-0.4, -0.2) is 25.8 Å². The second-order valence-electron chi connectivity index (χ2n) is 8.43. The Morgan fingerprint density at radius 1 is 1.00 bits per heavy atom. The second-order valence-corrected chi connectivity index (χ2v) is 10.7. The van der Waals surface area contributed by atoms with Crippen LogP contribution < -0.4 is 0 Å². The first-order chi connectivity index (χ1) is 13.6. The molecule has 0 radical (unpaired) electrons. The van der Waals surface area contributed by atoms with Gasteiger partial charge in [0.05, 0.1) is 4.90 Å². The quantitative estimate of drug-likeness (QED) is 0.557. The van der Waals surface area contributed by atoms with Crippen LogP contribution in [0.1, 0.15) is 45.6 Å². The molecule has 1 saturated carbocycles. The summed E-state index contributed by atoms with van der Waals surface area (Å²) >= 11 is 0. The minimum absolute atomic E-state index is 0.00483. The molecule has 1 fully saturated rings. The van der Waals surface area contributed by atoms with Crippen LogP contribution in [0, 0.1) is 5.92 Å². The summed E-state index contributed by atoms with van der Waals surface area (Å²) in [6.07, 6.45) is 0.0131. The first kappa shape index (κ1) is 21.2. The number of sulfone groups is 1. The van der Waals surface area contributed by atoms with Gasteiger partial charge < -0.3 is 4.74 Å². The molecule has 2 aromatic carbocycles.